The first-order valence-corrected chi connectivity index (χ1v) is 12.5. The van der Waals surface area contributed by atoms with Crippen molar-refractivity contribution in [3.63, 3.8) is 0 Å². The van der Waals surface area contributed by atoms with Crippen molar-refractivity contribution >= 4 is 29.1 Å². The van der Waals surface area contributed by atoms with Crippen molar-refractivity contribution in [1.29, 1.82) is 0 Å². The summed E-state index contributed by atoms with van der Waals surface area (Å²) in [5, 5.41) is 4.40. The number of primary amides is 1. The minimum atomic E-state index is -1.30. The fourth-order valence-corrected chi connectivity index (χ4v) is 5.72. The van der Waals surface area contributed by atoms with Gasteiger partial charge in [-0.3, -0.25) is 9.59 Å². The summed E-state index contributed by atoms with van der Waals surface area (Å²) in [4.78, 5) is 41.1. The summed E-state index contributed by atoms with van der Waals surface area (Å²) in [6.07, 6.45) is 2.25. The second kappa shape index (κ2) is 9.50. The van der Waals surface area contributed by atoms with Crippen LogP contribution in [-0.4, -0.2) is 55.6 Å². The number of hydrogen-bond acceptors (Lipinski definition) is 8. The van der Waals surface area contributed by atoms with E-state index in [1.165, 1.54) is 25.5 Å². The molecule has 0 radical (unpaired) electrons. The van der Waals surface area contributed by atoms with Gasteiger partial charge in [0, 0.05) is 18.5 Å². The average molecular weight is 514 g/mol. The van der Waals surface area contributed by atoms with Crippen LogP contribution in [0.4, 0.5) is 0 Å². The Bertz CT molecular complexity index is 1220. The lowest BCUT2D eigenvalue weighted by Crippen LogP contribution is -2.48. The zero-order chi connectivity index (χ0) is 26.3. The van der Waals surface area contributed by atoms with Gasteiger partial charge < -0.3 is 30.2 Å². The molecule has 2 unspecified atom stereocenters. The van der Waals surface area contributed by atoms with Crippen LogP contribution in [0.2, 0.25) is 0 Å². The molecule has 2 aromatic rings. The normalized spacial score (nSPS) is 20.6. The van der Waals surface area contributed by atoms with Crippen LogP contribution < -0.4 is 20.5 Å². The zero-order valence-electron chi connectivity index (χ0n) is 21.0. The number of likely N-dealkylation sites (N-methyl/N-ethyl adjacent to an activating group) is 1. The minimum absolute atomic E-state index is 0.201. The lowest BCUT2D eigenvalue weighted by molar-refractivity contribution is -0.152. The van der Waals surface area contributed by atoms with E-state index in [9.17, 15) is 14.4 Å². The number of amides is 2. The number of thiophene rings is 1. The smallest absolute Gasteiger partial charge is 0.354 e. The van der Waals surface area contributed by atoms with Crippen molar-refractivity contribution in [2.45, 2.75) is 44.2 Å². The van der Waals surface area contributed by atoms with Gasteiger partial charge in [0.2, 0.25) is 5.91 Å². The second-order valence-electron chi connectivity index (χ2n) is 9.75. The zero-order valence-corrected chi connectivity index (χ0v) is 21.9. The Hall–Kier alpha value is -3.53. The fourth-order valence-electron chi connectivity index (χ4n) is 4.80. The Morgan fingerprint density at radius 3 is 2.58 bits per heavy atom. The number of benzene rings is 1. The monoisotopic (exact) mass is 513 g/mol. The maximum absolute atomic E-state index is 13.3. The minimum Gasteiger partial charge on any atom is -0.493 e. The molecule has 3 heterocycles. The standard InChI is InChI=1S/C26H31N3O6S/c1-25(2,3)35-23(31)17-13-26(24(27)32,20-7-6-10-36-20)22-16-12-19(34-14-21(30)28-4)18(33-5)11-15(16)8-9-29(17)22/h6-7,10-13,22H,8-9,14H2,1-5H3,(H2,27,32)(H,28,30). The van der Waals surface area contributed by atoms with Crippen LogP contribution in [0.1, 0.15) is 42.8 Å². The van der Waals surface area contributed by atoms with Crippen molar-refractivity contribution in [3.05, 3.63) is 57.4 Å². The number of nitrogens with zero attached hydrogens (tertiary/aromatic N) is 1. The Morgan fingerprint density at radius 2 is 2.00 bits per heavy atom. The summed E-state index contributed by atoms with van der Waals surface area (Å²) in [6, 6.07) is 6.74. The van der Waals surface area contributed by atoms with Gasteiger partial charge in [-0.2, -0.15) is 0 Å². The number of hydrogen-bond donors (Lipinski definition) is 2. The van der Waals surface area contributed by atoms with Crippen molar-refractivity contribution in [2.75, 3.05) is 27.3 Å². The van der Waals surface area contributed by atoms with Crippen molar-refractivity contribution < 1.29 is 28.6 Å². The summed E-state index contributed by atoms with van der Waals surface area (Å²) < 4.78 is 17.0. The van der Waals surface area contributed by atoms with Gasteiger partial charge in [0.05, 0.1) is 13.2 Å². The van der Waals surface area contributed by atoms with Gasteiger partial charge in [0.1, 0.15) is 16.7 Å². The fraction of sp³-hybridized carbons (Fsp3) is 0.423. The summed E-state index contributed by atoms with van der Waals surface area (Å²) in [5.74, 6) is -0.548. The van der Waals surface area contributed by atoms with E-state index < -0.39 is 28.9 Å². The SMILES string of the molecule is CNC(=O)COc1cc2c(cc1OC)CCN1C(C(=O)OC(C)(C)C)=CC(C(N)=O)(c3cccs3)C21. The van der Waals surface area contributed by atoms with E-state index in [1.807, 2.05) is 28.5 Å². The van der Waals surface area contributed by atoms with Gasteiger partial charge in [-0.25, -0.2) is 4.79 Å². The van der Waals surface area contributed by atoms with Crippen molar-refractivity contribution in [2.24, 2.45) is 5.73 Å². The van der Waals surface area contributed by atoms with Crippen LogP contribution in [0.25, 0.3) is 0 Å². The molecule has 2 aliphatic rings. The number of carbonyl (C=O) groups excluding carboxylic acids is 3. The van der Waals surface area contributed by atoms with Crippen molar-refractivity contribution in [1.82, 2.24) is 10.2 Å². The van der Waals surface area contributed by atoms with E-state index in [0.717, 1.165) is 16.0 Å². The molecule has 192 valence electrons. The van der Waals surface area contributed by atoms with Gasteiger partial charge >= 0.3 is 5.97 Å². The molecule has 36 heavy (non-hydrogen) atoms. The maximum atomic E-state index is 13.3. The number of rotatable bonds is 7. The number of carbonyl (C=O) groups is 3. The molecule has 0 saturated carbocycles. The first-order chi connectivity index (χ1) is 17.0. The second-order valence-corrected chi connectivity index (χ2v) is 10.7. The van der Waals surface area contributed by atoms with E-state index in [2.05, 4.69) is 5.32 Å². The molecule has 1 aromatic carbocycles. The summed E-state index contributed by atoms with van der Waals surface area (Å²) in [6.45, 7) is 5.67. The topological polar surface area (TPSA) is 120 Å². The Kier molecular flexibility index (Phi) is 6.74. The average Bonchev–Trinajstić information content (AvgIpc) is 3.47. The van der Waals surface area contributed by atoms with Crippen LogP contribution in [0.5, 0.6) is 11.5 Å². The third-order valence-electron chi connectivity index (χ3n) is 6.34. The first-order valence-electron chi connectivity index (χ1n) is 11.6. The molecule has 0 bridgehead atoms. The van der Waals surface area contributed by atoms with Gasteiger partial charge in [-0.1, -0.05) is 6.07 Å². The van der Waals surface area contributed by atoms with Gasteiger partial charge in [0.25, 0.3) is 5.91 Å². The molecule has 0 aliphatic carbocycles. The van der Waals surface area contributed by atoms with E-state index in [4.69, 9.17) is 19.9 Å². The molecule has 2 aliphatic heterocycles. The largest absolute Gasteiger partial charge is 0.493 e. The highest BCUT2D eigenvalue weighted by Crippen LogP contribution is 2.54. The highest BCUT2D eigenvalue weighted by Gasteiger charge is 2.57. The maximum Gasteiger partial charge on any atom is 0.354 e. The third kappa shape index (κ3) is 4.41. The molecule has 0 spiro atoms. The summed E-state index contributed by atoms with van der Waals surface area (Å²) >= 11 is 1.40. The molecule has 0 saturated heterocycles. The summed E-state index contributed by atoms with van der Waals surface area (Å²) in [7, 11) is 3.05. The van der Waals surface area contributed by atoms with Crippen molar-refractivity contribution in [3.8, 4) is 11.5 Å². The van der Waals surface area contributed by atoms with Gasteiger partial charge in [-0.05, 0) is 68.0 Å². The summed E-state index contributed by atoms with van der Waals surface area (Å²) in [5.41, 5.74) is 6.13. The van der Waals surface area contributed by atoms with E-state index in [0.29, 0.717) is 30.2 Å². The van der Waals surface area contributed by atoms with Crippen LogP contribution in [0, 0.1) is 0 Å². The van der Waals surface area contributed by atoms with E-state index in [-0.39, 0.29) is 12.5 Å². The number of ether oxygens (including phenoxy) is 3. The molecule has 1 aromatic heterocycles. The molecule has 4 rings (SSSR count). The number of nitrogens with two attached hydrogens (primary N) is 1. The van der Waals surface area contributed by atoms with E-state index >= 15 is 0 Å². The number of esters is 1. The van der Waals surface area contributed by atoms with Crippen LogP contribution >= 0.6 is 11.3 Å². The molecule has 9 nitrogen and oxygen atoms in total. The molecule has 3 N–H and O–H groups in total. The molecular formula is C26H31N3O6S. The highest BCUT2D eigenvalue weighted by atomic mass is 32.1. The molecule has 10 heteroatoms. The van der Waals surface area contributed by atoms with Gasteiger partial charge in [0.15, 0.2) is 18.1 Å². The Balaban J connectivity index is 1.89. The molecule has 2 amide bonds. The quantitative estimate of drug-likeness (QED) is 0.546. The molecule has 0 fully saturated rings. The lowest BCUT2D eigenvalue weighted by atomic mass is 9.73. The number of methoxy groups -OCH3 is 1. The predicted octanol–water partition coefficient (Wildman–Crippen LogP) is 2.44. The van der Waals surface area contributed by atoms with Crippen LogP contribution in [0.15, 0.2) is 41.4 Å². The van der Waals surface area contributed by atoms with E-state index in [1.54, 1.807) is 32.9 Å². The predicted molar refractivity (Wildman–Crippen MR) is 135 cm³/mol. The first kappa shape index (κ1) is 25.6. The number of nitrogens with one attached hydrogen (secondary N) is 1. The molecular weight excluding hydrogens is 482 g/mol. The molecule has 2 atom stereocenters. The Morgan fingerprint density at radius 1 is 1.25 bits per heavy atom. The highest BCUT2D eigenvalue weighted by molar-refractivity contribution is 7.10. The number of fused-ring (bicyclic) bond motifs is 3. The third-order valence-corrected chi connectivity index (χ3v) is 7.36. The Labute approximate surface area is 214 Å². The van der Waals surface area contributed by atoms with Crippen LogP contribution in [0.3, 0.4) is 0 Å². The van der Waals surface area contributed by atoms with Gasteiger partial charge in [-0.15, -0.1) is 11.3 Å². The van der Waals surface area contributed by atoms with Crippen LogP contribution in [-0.2, 0) is 31.0 Å². The lowest BCUT2D eigenvalue weighted by Gasteiger charge is -2.42.